The molecule has 0 unspecified atom stereocenters. The van der Waals surface area contributed by atoms with E-state index < -0.39 is 0 Å². The summed E-state index contributed by atoms with van der Waals surface area (Å²) in [5.74, 6) is 1.49. The van der Waals surface area contributed by atoms with Crippen LogP contribution in [0.15, 0.2) is 39.5 Å². The Labute approximate surface area is 127 Å². The van der Waals surface area contributed by atoms with Gasteiger partial charge in [-0.25, -0.2) is 0 Å². The summed E-state index contributed by atoms with van der Waals surface area (Å²) in [5, 5.41) is 7.72. The standard InChI is InChI=1S/C14H9BrN2O2S/c15-8-1-2-11-9(5-8)10-6-13(14-17-16-7-19-14)20-12(10)3-4-18-11/h1-2,5-7H,3-4H2. The summed E-state index contributed by atoms with van der Waals surface area (Å²) in [6.45, 7) is 0.686. The Morgan fingerprint density at radius 1 is 1.20 bits per heavy atom. The first-order valence-corrected chi connectivity index (χ1v) is 7.74. The summed E-state index contributed by atoms with van der Waals surface area (Å²) in [6, 6.07) is 8.19. The van der Waals surface area contributed by atoms with Crippen LogP contribution in [0.1, 0.15) is 4.88 Å². The normalized spacial score (nSPS) is 13.2. The predicted molar refractivity (Wildman–Crippen MR) is 79.9 cm³/mol. The monoisotopic (exact) mass is 348 g/mol. The van der Waals surface area contributed by atoms with Gasteiger partial charge in [-0.1, -0.05) is 15.9 Å². The first-order chi connectivity index (χ1) is 9.81. The van der Waals surface area contributed by atoms with Crippen molar-refractivity contribution in [2.45, 2.75) is 6.42 Å². The molecule has 0 radical (unpaired) electrons. The molecule has 0 saturated heterocycles. The second kappa shape index (κ2) is 4.71. The Bertz CT molecular complexity index is 768. The van der Waals surface area contributed by atoms with Crippen LogP contribution in [0.3, 0.4) is 0 Å². The fourth-order valence-corrected chi connectivity index (χ4v) is 3.76. The van der Waals surface area contributed by atoms with Gasteiger partial charge in [-0.3, -0.25) is 0 Å². The van der Waals surface area contributed by atoms with Crippen LogP contribution in [0.2, 0.25) is 0 Å². The number of nitrogens with zero attached hydrogens (tertiary/aromatic N) is 2. The topological polar surface area (TPSA) is 48.2 Å². The number of aromatic nitrogens is 2. The molecule has 0 fully saturated rings. The van der Waals surface area contributed by atoms with Crippen molar-refractivity contribution >= 4 is 27.3 Å². The van der Waals surface area contributed by atoms with E-state index in [4.69, 9.17) is 9.15 Å². The van der Waals surface area contributed by atoms with Gasteiger partial charge in [-0.15, -0.1) is 21.5 Å². The fourth-order valence-electron chi connectivity index (χ4n) is 2.32. The van der Waals surface area contributed by atoms with Gasteiger partial charge in [0.1, 0.15) is 5.75 Å². The Kier molecular flexibility index (Phi) is 2.85. The molecule has 0 amide bonds. The van der Waals surface area contributed by atoms with Crippen molar-refractivity contribution in [1.82, 2.24) is 10.2 Å². The molecule has 1 aliphatic rings. The third-order valence-corrected chi connectivity index (χ3v) is 4.87. The molecule has 100 valence electrons. The van der Waals surface area contributed by atoms with E-state index in [1.807, 2.05) is 12.1 Å². The lowest BCUT2D eigenvalue weighted by Gasteiger charge is -2.07. The van der Waals surface area contributed by atoms with Crippen molar-refractivity contribution in [1.29, 1.82) is 0 Å². The zero-order chi connectivity index (χ0) is 13.5. The average Bonchev–Trinajstić information content (AvgIpc) is 3.07. The maximum atomic E-state index is 5.81. The maximum absolute atomic E-state index is 5.81. The first-order valence-electron chi connectivity index (χ1n) is 6.13. The van der Waals surface area contributed by atoms with Crippen molar-refractivity contribution in [2.24, 2.45) is 0 Å². The lowest BCUT2D eigenvalue weighted by atomic mass is 10.0. The SMILES string of the molecule is Brc1ccc2c(c1)-c1cc(-c3nnco3)sc1CCO2. The van der Waals surface area contributed by atoms with Crippen LogP contribution < -0.4 is 4.74 Å². The molecular formula is C14H9BrN2O2S. The molecule has 1 aliphatic heterocycles. The first kappa shape index (κ1) is 12.1. The Hall–Kier alpha value is -1.66. The molecule has 4 rings (SSSR count). The third-order valence-electron chi connectivity index (χ3n) is 3.20. The summed E-state index contributed by atoms with van der Waals surface area (Å²) in [5.41, 5.74) is 2.30. The molecule has 0 atom stereocenters. The van der Waals surface area contributed by atoms with Crippen molar-refractivity contribution in [3.05, 3.63) is 40.0 Å². The number of benzene rings is 1. The van der Waals surface area contributed by atoms with E-state index in [1.165, 1.54) is 16.8 Å². The third kappa shape index (κ3) is 1.96. The van der Waals surface area contributed by atoms with Crippen LogP contribution in [-0.2, 0) is 6.42 Å². The van der Waals surface area contributed by atoms with Crippen molar-refractivity contribution in [3.63, 3.8) is 0 Å². The molecule has 0 aliphatic carbocycles. The van der Waals surface area contributed by atoms with Crippen LogP contribution in [0.4, 0.5) is 0 Å². The number of hydrogen-bond donors (Lipinski definition) is 0. The number of halogens is 1. The predicted octanol–water partition coefficient (Wildman–Crippen LogP) is 4.16. The zero-order valence-electron chi connectivity index (χ0n) is 10.3. The number of rotatable bonds is 1. The van der Waals surface area contributed by atoms with E-state index in [1.54, 1.807) is 11.3 Å². The van der Waals surface area contributed by atoms with Gasteiger partial charge >= 0.3 is 0 Å². The number of ether oxygens (including phenoxy) is 1. The summed E-state index contributed by atoms with van der Waals surface area (Å²) < 4.78 is 12.1. The molecule has 0 saturated carbocycles. The molecule has 3 aromatic rings. The van der Waals surface area contributed by atoms with Gasteiger partial charge in [0, 0.05) is 26.9 Å². The second-order valence-electron chi connectivity index (χ2n) is 4.43. The van der Waals surface area contributed by atoms with Gasteiger partial charge < -0.3 is 9.15 Å². The van der Waals surface area contributed by atoms with Crippen LogP contribution in [-0.4, -0.2) is 16.8 Å². The smallest absolute Gasteiger partial charge is 0.257 e. The van der Waals surface area contributed by atoms with E-state index in [-0.39, 0.29) is 0 Å². The minimum Gasteiger partial charge on any atom is -0.493 e. The number of hydrogen-bond acceptors (Lipinski definition) is 5. The highest BCUT2D eigenvalue weighted by Crippen LogP contribution is 2.43. The lowest BCUT2D eigenvalue weighted by molar-refractivity contribution is 0.327. The lowest BCUT2D eigenvalue weighted by Crippen LogP contribution is -1.97. The Morgan fingerprint density at radius 3 is 3.00 bits per heavy atom. The molecule has 3 heterocycles. The zero-order valence-corrected chi connectivity index (χ0v) is 12.7. The van der Waals surface area contributed by atoms with E-state index >= 15 is 0 Å². The van der Waals surface area contributed by atoms with E-state index in [0.717, 1.165) is 27.1 Å². The molecule has 20 heavy (non-hydrogen) atoms. The van der Waals surface area contributed by atoms with Gasteiger partial charge in [0.15, 0.2) is 0 Å². The van der Waals surface area contributed by atoms with Crippen LogP contribution in [0.5, 0.6) is 5.75 Å². The van der Waals surface area contributed by atoms with Crippen molar-refractivity contribution in [3.8, 4) is 27.6 Å². The minimum atomic E-state index is 0.570. The van der Waals surface area contributed by atoms with Crippen molar-refractivity contribution in [2.75, 3.05) is 6.61 Å². The molecular weight excluding hydrogens is 340 g/mol. The van der Waals surface area contributed by atoms with Gasteiger partial charge in [-0.2, -0.15) is 0 Å². The second-order valence-corrected chi connectivity index (χ2v) is 6.48. The average molecular weight is 349 g/mol. The summed E-state index contributed by atoms with van der Waals surface area (Å²) in [7, 11) is 0. The molecule has 2 aromatic heterocycles. The van der Waals surface area contributed by atoms with Crippen LogP contribution in [0, 0.1) is 0 Å². The summed E-state index contributed by atoms with van der Waals surface area (Å²) in [4.78, 5) is 2.29. The van der Waals surface area contributed by atoms with Crippen LogP contribution >= 0.6 is 27.3 Å². The molecule has 0 bridgehead atoms. The van der Waals surface area contributed by atoms with Crippen molar-refractivity contribution < 1.29 is 9.15 Å². The van der Waals surface area contributed by atoms with E-state index in [0.29, 0.717) is 12.5 Å². The molecule has 6 heteroatoms. The van der Waals surface area contributed by atoms with Crippen LogP contribution in [0.25, 0.3) is 21.9 Å². The van der Waals surface area contributed by atoms with Gasteiger partial charge in [0.05, 0.1) is 11.5 Å². The summed E-state index contributed by atoms with van der Waals surface area (Å²) >= 11 is 5.20. The molecule has 4 nitrogen and oxygen atoms in total. The van der Waals surface area contributed by atoms with Gasteiger partial charge in [-0.05, 0) is 24.3 Å². The molecule has 0 spiro atoms. The highest BCUT2D eigenvalue weighted by Gasteiger charge is 2.20. The quantitative estimate of drug-likeness (QED) is 0.662. The fraction of sp³-hybridized carbons (Fsp3) is 0.143. The Balaban J connectivity index is 1.91. The summed E-state index contributed by atoms with van der Waals surface area (Å²) in [6.07, 6.45) is 2.24. The van der Waals surface area contributed by atoms with Gasteiger partial charge in [0.2, 0.25) is 6.39 Å². The van der Waals surface area contributed by atoms with E-state index in [2.05, 4.69) is 38.3 Å². The number of thiophene rings is 1. The largest absolute Gasteiger partial charge is 0.493 e. The molecule has 1 aromatic carbocycles. The van der Waals surface area contributed by atoms with E-state index in [9.17, 15) is 0 Å². The Morgan fingerprint density at radius 2 is 2.15 bits per heavy atom. The number of fused-ring (bicyclic) bond motifs is 3. The molecule has 0 N–H and O–H groups in total. The highest BCUT2D eigenvalue weighted by atomic mass is 79.9. The minimum absolute atomic E-state index is 0.570. The van der Waals surface area contributed by atoms with Gasteiger partial charge in [0.25, 0.3) is 5.89 Å². The highest BCUT2D eigenvalue weighted by molar-refractivity contribution is 9.10. The maximum Gasteiger partial charge on any atom is 0.257 e.